The molecule has 3 rings (SSSR count). The van der Waals surface area contributed by atoms with E-state index in [9.17, 15) is 5.11 Å². The lowest BCUT2D eigenvalue weighted by Crippen LogP contribution is -2.25. The Morgan fingerprint density at radius 3 is 2.62 bits per heavy atom. The molecule has 0 radical (unpaired) electrons. The molecule has 3 nitrogen and oxygen atoms in total. The maximum Gasteiger partial charge on any atom is 0.119 e. The first-order valence-corrected chi connectivity index (χ1v) is 7.46. The summed E-state index contributed by atoms with van der Waals surface area (Å²) in [4.78, 5) is 0. The maximum absolute atomic E-state index is 11.1. The van der Waals surface area contributed by atoms with Crippen LogP contribution in [0.5, 0.6) is 5.75 Å². The second kappa shape index (κ2) is 5.51. The van der Waals surface area contributed by atoms with Gasteiger partial charge in [-0.3, -0.25) is 0 Å². The highest BCUT2D eigenvalue weighted by atomic mass is 16.5. The minimum atomic E-state index is -1.00. The van der Waals surface area contributed by atoms with E-state index in [0.717, 1.165) is 28.9 Å². The van der Waals surface area contributed by atoms with E-state index in [2.05, 4.69) is 6.92 Å². The molecule has 1 aliphatic carbocycles. The summed E-state index contributed by atoms with van der Waals surface area (Å²) in [7, 11) is 0. The quantitative estimate of drug-likeness (QED) is 0.906. The molecule has 1 aliphatic rings. The zero-order chi connectivity index (χ0) is 14.9. The third-order valence-electron chi connectivity index (χ3n) is 4.13. The average molecular weight is 283 g/mol. The zero-order valence-electron chi connectivity index (χ0n) is 12.3. The normalized spacial score (nSPS) is 23.9. The van der Waals surface area contributed by atoms with Crippen LogP contribution in [0.25, 0.3) is 0 Å². The van der Waals surface area contributed by atoms with Gasteiger partial charge in [-0.1, -0.05) is 43.3 Å². The van der Waals surface area contributed by atoms with Gasteiger partial charge in [0.2, 0.25) is 0 Å². The molecule has 110 valence electrons. The summed E-state index contributed by atoms with van der Waals surface area (Å²) in [5, 5.41) is 11.1. The summed E-state index contributed by atoms with van der Waals surface area (Å²) in [6.45, 7) is 2.78. The van der Waals surface area contributed by atoms with Crippen LogP contribution >= 0.6 is 0 Å². The van der Waals surface area contributed by atoms with Crippen molar-refractivity contribution in [1.29, 1.82) is 0 Å². The molecule has 2 atom stereocenters. The number of benzene rings is 2. The molecule has 3 N–H and O–H groups in total. The van der Waals surface area contributed by atoms with Crippen molar-refractivity contribution in [3.63, 3.8) is 0 Å². The predicted octanol–water partition coefficient (Wildman–Crippen LogP) is 3.11. The number of fused-ring (bicyclic) bond motifs is 1. The molecule has 0 saturated carbocycles. The summed E-state index contributed by atoms with van der Waals surface area (Å²) < 4.78 is 5.59. The van der Waals surface area contributed by atoms with Gasteiger partial charge in [0, 0.05) is 12.5 Å². The van der Waals surface area contributed by atoms with Crippen LogP contribution in [0.4, 0.5) is 0 Å². The van der Waals surface area contributed by atoms with Gasteiger partial charge in [-0.2, -0.15) is 0 Å². The van der Waals surface area contributed by atoms with Crippen molar-refractivity contribution in [3.05, 3.63) is 65.2 Å². The lowest BCUT2D eigenvalue weighted by Gasteiger charge is -2.25. The van der Waals surface area contributed by atoms with Crippen LogP contribution in [-0.2, 0) is 5.60 Å². The Kier molecular flexibility index (Phi) is 3.70. The first-order valence-electron chi connectivity index (χ1n) is 7.46. The van der Waals surface area contributed by atoms with Crippen LogP contribution < -0.4 is 10.5 Å². The minimum absolute atomic E-state index is 0.123. The van der Waals surface area contributed by atoms with Crippen LogP contribution in [0, 0.1) is 0 Å². The summed E-state index contributed by atoms with van der Waals surface area (Å²) in [6, 6.07) is 15.4. The monoisotopic (exact) mass is 283 g/mol. The van der Waals surface area contributed by atoms with E-state index in [1.54, 1.807) is 0 Å². The van der Waals surface area contributed by atoms with Crippen LogP contribution in [0.15, 0.2) is 48.5 Å². The average Bonchev–Trinajstić information content (AvgIpc) is 2.79. The molecule has 0 amide bonds. The van der Waals surface area contributed by atoms with E-state index in [-0.39, 0.29) is 6.04 Å². The van der Waals surface area contributed by atoms with Gasteiger partial charge in [0.1, 0.15) is 11.4 Å². The van der Waals surface area contributed by atoms with E-state index >= 15 is 0 Å². The fraction of sp³-hybridized carbons (Fsp3) is 0.333. The lowest BCUT2D eigenvalue weighted by molar-refractivity contribution is 0.0775. The fourth-order valence-electron chi connectivity index (χ4n) is 3.06. The fourth-order valence-corrected chi connectivity index (χ4v) is 3.06. The van der Waals surface area contributed by atoms with Gasteiger partial charge in [-0.25, -0.2) is 0 Å². The van der Waals surface area contributed by atoms with E-state index in [1.165, 1.54) is 0 Å². The Morgan fingerprint density at radius 2 is 1.90 bits per heavy atom. The predicted molar refractivity (Wildman–Crippen MR) is 83.2 cm³/mol. The van der Waals surface area contributed by atoms with Crippen molar-refractivity contribution < 1.29 is 9.84 Å². The van der Waals surface area contributed by atoms with Crippen LogP contribution in [0.1, 0.15) is 42.5 Å². The number of hydrogen-bond donors (Lipinski definition) is 2. The number of hydrogen-bond acceptors (Lipinski definition) is 3. The largest absolute Gasteiger partial charge is 0.494 e. The Hall–Kier alpha value is -1.84. The molecule has 0 saturated heterocycles. The molecule has 2 unspecified atom stereocenters. The molecule has 21 heavy (non-hydrogen) atoms. The number of aliphatic hydroxyl groups is 1. The number of ether oxygens (including phenoxy) is 1. The van der Waals surface area contributed by atoms with Gasteiger partial charge < -0.3 is 15.6 Å². The molecular formula is C18H21NO2. The third-order valence-corrected chi connectivity index (χ3v) is 4.13. The standard InChI is InChI=1S/C18H21NO2/c1-2-11-21-14-9-7-13(8-10-14)18(20)12-17(19)15-5-3-4-6-16(15)18/h3-10,17,20H,2,11-12,19H2,1H3. The van der Waals surface area contributed by atoms with Crippen molar-refractivity contribution in [2.75, 3.05) is 6.61 Å². The first kappa shape index (κ1) is 14.1. The molecule has 2 aromatic carbocycles. The highest BCUT2D eigenvalue weighted by Gasteiger charge is 2.42. The van der Waals surface area contributed by atoms with Gasteiger partial charge in [-0.05, 0) is 35.2 Å². The van der Waals surface area contributed by atoms with Gasteiger partial charge in [0.05, 0.1) is 6.61 Å². The van der Waals surface area contributed by atoms with Crippen molar-refractivity contribution >= 4 is 0 Å². The van der Waals surface area contributed by atoms with Crippen molar-refractivity contribution in [1.82, 2.24) is 0 Å². The van der Waals surface area contributed by atoms with Gasteiger partial charge in [0.25, 0.3) is 0 Å². The summed E-state index contributed by atoms with van der Waals surface area (Å²) in [6.07, 6.45) is 1.50. The SMILES string of the molecule is CCCOc1ccc(C2(O)CC(N)c3ccccc32)cc1. The molecule has 0 fully saturated rings. The second-order valence-corrected chi connectivity index (χ2v) is 5.63. The van der Waals surface area contributed by atoms with E-state index in [1.807, 2.05) is 48.5 Å². The molecule has 0 spiro atoms. The molecular weight excluding hydrogens is 262 g/mol. The minimum Gasteiger partial charge on any atom is -0.494 e. The first-order chi connectivity index (χ1) is 10.1. The van der Waals surface area contributed by atoms with E-state index < -0.39 is 5.60 Å². The van der Waals surface area contributed by atoms with Gasteiger partial charge in [0.15, 0.2) is 0 Å². The molecule has 0 aromatic heterocycles. The Morgan fingerprint density at radius 1 is 1.19 bits per heavy atom. The van der Waals surface area contributed by atoms with Crippen LogP contribution in [0.2, 0.25) is 0 Å². The second-order valence-electron chi connectivity index (χ2n) is 5.63. The Bertz CT molecular complexity index is 623. The van der Waals surface area contributed by atoms with Crippen LogP contribution in [0.3, 0.4) is 0 Å². The molecule has 0 bridgehead atoms. The topological polar surface area (TPSA) is 55.5 Å². The van der Waals surface area contributed by atoms with E-state index in [0.29, 0.717) is 13.0 Å². The zero-order valence-corrected chi connectivity index (χ0v) is 12.3. The lowest BCUT2D eigenvalue weighted by atomic mass is 9.88. The van der Waals surface area contributed by atoms with Gasteiger partial charge in [-0.15, -0.1) is 0 Å². The smallest absolute Gasteiger partial charge is 0.119 e. The summed E-state index contributed by atoms with van der Waals surface area (Å²) >= 11 is 0. The van der Waals surface area contributed by atoms with Crippen molar-refractivity contribution in [3.8, 4) is 5.75 Å². The third kappa shape index (κ3) is 2.43. The molecule has 3 heteroatoms. The van der Waals surface area contributed by atoms with Crippen LogP contribution in [-0.4, -0.2) is 11.7 Å². The summed E-state index contributed by atoms with van der Waals surface area (Å²) in [5.41, 5.74) is 7.99. The highest BCUT2D eigenvalue weighted by Crippen LogP contribution is 2.46. The number of rotatable bonds is 4. The van der Waals surface area contributed by atoms with Crippen molar-refractivity contribution in [2.45, 2.75) is 31.4 Å². The van der Waals surface area contributed by atoms with Crippen molar-refractivity contribution in [2.24, 2.45) is 5.73 Å². The highest BCUT2D eigenvalue weighted by molar-refractivity contribution is 5.47. The molecule has 0 heterocycles. The molecule has 0 aliphatic heterocycles. The summed E-state index contributed by atoms with van der Waals surface area (Å²) in [5.74, 6) is 0.833. The van der Waals surface area contributed by atoms with E-state index in [4.69, 9.17) is 10.5 Å². The molecule has 2 aromatic rings. The van der Waals surface area contributed by atoms with Gasteiger partial charge >= 0.3 is 0 Å². The number of nitrogens with two attached hydrogens (primary N) is 1. The maximum atomic E-state index is 11.1. The Balaban J connectivity index is 1.93. The Labute approximate surface area is 125 Å².